The van der Waals surface area contributed by atoms with Gasteiger partial charge in [0.05, 0.1) is 13.5 Å². The molecule has 0 atom stereocenters. The van der Waals surface area contributed by atoms with Gasteiger partial charge < -0.3 is 10.1 Å². The molecule has 1 aromatic heterocycles. The van der Waals surface area contributed by atoms with Crippen molar-refractivity contribution in [1.82, 2.24) is 10.2 Å². The molecule has 0 unspecified atom stereocenters. The highest BCUT2D eigenvalue weighted by atomic mass is 35.5. The molecule has 0 saturated heterocycles. The normalized spacial score (nSPS) is 10.3. The van der Waals surface area contributed by atoms with Crippen LogP contribution in [0.3, 0.4) is 0 Å². The second-order valence-corrected chi connectivity index (χ2v) is 5.53. The van der Waals surface area contributed by atoms with Gasteiger partial charge in [-0.2, -0.15) is 0 Å². The highest BCUT2D eigenvalue weighted by Crippen LogP contribution is 2.23. The third-order valence-electron chi connectivity index (χ3n) is 2.61. The number of hydrogen-bond donors (Lipinski definition) is 1. The fraction of sp³-hybridized carbons (Fsp3) is 0.308. The van der Waals surface area contributed by atoms with E-state index in [0.717, 1.165) is 17.0 Å². The number of rotatable bonds is 5. The maximum Gasteiger partial charge on any atom is 0.230 e. The van der Waals surface area contributed by atoms with Gasteiger partial charge in [0.2, 0.25) is 11.0 Å². The summed E-state index contributed by atoms with van der Waals surface area (Å²) in [5.41, 5.74) is 0.734. The Bertz CT molecular complexity index is 615. The molecule has 0 spiro atoms. The number of carbonyl (C=O) groups is 1. The topological polar surface area (TPSA) is 64.1 Å². The molecule has 2 rings (SSSR count). The first-order chi connectivity index (χ1) is 9.62. The Hall–Kier alpha value is -1.66. The quantitative estimate of drug-likeness (QED) is 0.922. The molecule has 1 heterocycles. The summed E-state index contributed by atoms with van der Waals surface area (Å²) >= 11 is 7.31. The van der Waals surface area contributed by atoms with Crippen molar-refractivity contribution < 1.29 is 9.53 Å². The summed E-state index contributed by atoms with van der Waals surface area (Å²) in [4.78, 5) is 12.0. The number of benzene rings is 1. The molecule has 106 valence electrons. The van der Waals surface area contributed by atoms with Gasteiger partial charge in [-0.25, -0.2) is 0 Å². The lowest BCUT2D eigenvalue weighted by Crippen LogP contribution is -2.14. The van der Waals surface area contributed by atoms with Crippen molar-refractivity contribution in [1.29, 1.82) is 0 Å². The van der Waals surface area contributed by atoms with E-state index in [-0.39, 0.29) is 12.3 Å². The van der Waals surface area contributed by atoms with Crippen molar-refractivity contribution in [2.24, 2.45) is 0 Å². The number of ether oxygens (including phenoxy) is 1. The first-order valence-electron chi connectivity index (χ1n) is 6.07. The van der Waals surface area contributed by atoms with Crippen LogP contribution in [0.25, 0.3) is 0 Å². The monoisotopic (exact) mass is 311 g/mol. The number of aromatic nitrogens is 2. The van der Waals surface area contributed by atoms with Crippen LogP contribution in [0, 0.1) is 0 Å². The minimum atomic E-state index is -0.177. The molecule has 0 bridgehead atoms. The Morgan fingerprint density at radius 3 is 2.90 bits per heavy atom. The number of carbonyl (C=O) groups excluding carboxylic acids is 1. The molecule has 1 N–H and O–H groups in total. The average Bonchev–Trinajstić information content (AvgIpc) is 2.86. The number of aryl methyl sites for hydroxylation is 1. The van der Waals surface area contributed by atoms with Gasteiger partial charge in [-0.15, -0.1) is 10.2 Å². The van der Waals surface area contributed by atoms with Crippen LogP contribution in [0.4, 0.5) is 5.13 Å². The van der Waals surface area contributed by atoms with E-state index < -0.39 is 0 Å². The standard InChI is InChI=1S/C13H14ClN3O2S/c1-3-12-16-17-13(20-12)15-11(18)7-8-6-9(14)4-5-10(8)19-2/h4-6H,3,7H2,1-2H3,(H,15,17,18). The lowest BCUT2D eigenvalue weighted by molar-refractivity contribution is -0.115. The largest absolute Gasteiger partial charge is 0.496 e. The third kappa shape index (κ3) is 3.68. The van der Waals surface area contributed by atoms with Crippen molar-refractivity contribution >= 4 is 34.0 Å². The number of nitrogens with zero attached hydrogens (tertiary/aromatic N) is 2. The number of anilines is 1. The molecule has 1 aromatic carbocycles. The highest BCUT2D eigenvalue weighted by Gasteiger charge is 2.12. The fourth-order valence-corrected chi connectivity index (χ4v) is 2.56. The van der Waals surface area contributed by atoms with Crippen LogP contribution < -0.4 is 10.1 Å². The summed E-state index contributed by atoms with van der Waals surface area (Å²) in [5, 5.41) is 12.5. The molecular formula is C13H14ClN3O2S. The maximum absolute atomic E-state index is 12.0. The zero-order valence-electron chi connectivity index (χ0n) is 11.1. The van der Waals surface area contributed by atoms with Gasteiger partial charge in [-0.3, -0.25) is 4.79 Å². The first kappa shape index (κ1) is 14.7. The predicted molar refractivity (Wildman–Crippen MR) is 79.6 cm³/mol. The average molecular weight is 312 g/mol. The van der Waals surface area contributed by atoms with Crippen molar-refractivity contribution in [2.75, 3.05) is 12.4 Å². The number of hydrogen-bond acceptors (Lipinski definition) is 5. The van der Waals surface area contributed by atoms with Crippen molar-refractivity contribution in [3.63, 3.8) is 0 Å². The van der Waals surface area contributed by atoms with E-state index in [1.165, 1.54) is 11.3 Å². The Morgan fingerprint density at radius 1 is 1.45 bits per heavy atom. The number of nitrogens with one attached hydrogen (secondary N) is 1. The summed E-state index contributed by atoms with van der Waals surface area (Å²) in [6.45, 7) is 1.99. The van der Waals surface area contributed by atoms with Crippen LogP contribution in [0.1, 0.15) is 17.5 Å². The van der Waals surface area contributed by atoms with Crippen LogP contribution in [0.5, 0.6) is 5.75 Å². The van der Waals surface area contributed by atoms with Gasteiger partial charge in [0.25, 0.3) is 0 Å². The molecule has 2 aromatic rings. The molecular weight excluding hydrogens is 298 g/mol. The molecule has 0 aliphatic heterocycles. The SMILES string of the molecule is CCc1nnc(NC(=O)Cc2cc(Cl)ccc2OC)s1. The van der Waals surface area contributed by atoms with Crippen molar-refractivity contribution in [3.05, 3.63) is 33.8 Å². The molecule has 5 nitrogen and oxygen atoms in total. The third-order valence-corrected chi connectivity index (χ3v) is 3.83. The molecule has 1 amide bonds. The smallest absolute Gasteiger partial charge is 0.230 e. The molecule has 20 heavy (non-hydrogen) atoms. The van der Waals surface area contributed by atoms with E-state index in [2.05, 4.69) is 15.5 Å². The van der Waals surface area contributed by atoms with Gasteiger partial charge in [0, 0.05) is 10.6 Å². The van der Waals surface area contributed by atoms with Crippen molar-refractivity contribution in [3.8, 4) is 5.75 Å². The summed E-state index contributed by atoms with van der Waals surface area (Å²) in [5.74, 6) is 0.459. The van der Waals surface area contributed by atoms with E-state index in [1.807, 2.05) is 6.92 Å². The fourth-order valence-electron chi connectivity index (χ4n) is 1.67. The molecule has 7 heteroatoms. The van der Waals surface area contributed by atoms with E-state index in [9.17, 15) is 4.79 Å². The zero-order chi connectivity index (χ0) is 14.5. The van der Waals surface area contributed by atoms with Crippen molar-refractivity contribution in [2.45, 2.75) is 19.8 Å². The second-order valence-electron chi connectivity index (χ2n) is 4.04. The van der Waals surface area contributed by atoms with Crippen LogP contribution in [-0.4, -0.2) is 23.2 Å². The van der Waals surface area contributed by atoms with Crippen LogP contribution in [0.2, 0.25) is 5.02 Å². The Kier molecular flexibility index (Phi) is 4.92. The predicted octanol–water partition coefficient (Wildman–Crippen LogP) is 2.94. The lowest BCUT2D eigenvalue weighted by Gasteiger charge is -2.08. The molecule has 0 aliphatic rings. The Balaban J connectivity index is 2.06. The van der Waals surface area contributed by atoms with E-state index in [4.69, 9.17) is 16.3 Å². The summed E-state index contributed by atoms with van der Waals surface area (Å²) in [7, 11) is 1.56. The molecule has 0 saturated carbocycles. The van der Waals surface area contributed by atoms with Gasteiger partial charge in [0.1, 0.15) is 10.8 Å². The summed E-state index contributed by atoms with van der Waals surface area (Å²) in [6, 6.07) is 5.18. The Labute approximate surface area is 125 Å². The van der Waals surface area contributed by atoms with E-state index >= 15 is 0 Å². The minimum Gasteiger partial charge on any atom is -0.496 e. The van der Waals surface area contributed by atoms with E-state index in [1.54, 1.807) is 25.3 Å². The molecule has 0 radical (unpaired) electrons. The minimum absolute atomic E-state index is 0.171. The molecule has 0 fully saturated rings. The summed E-state index contributed by atoms with van der Waals surface area (Å²) < 4.78 is 5.21. The van der Waals surface area contributed by atoms with Gasteiger partial charge >= 0.3 is 0 Å². The van der Waals surface area contributed by atoms with Crippen LogP contribution in [-0.2, 0) is 17.6 Å². The maximum atomic E-state index is 12.0. The summed E-state index contributed by atoms with van der Waals surface area (Å²) in [6.07, 6.45) is 0.973. The van der Waals surface area contributed by atoms with E-state index in [0.29, 0.717) is 15.9 Å². The molecule has 0 aliphatic carbocycles. The van der Waals surface area contributed by atoms with Crippen LogP contribution in [0.15, 0.2) is 18.2 Å². The highest BCUT2D eigenvalue weighted by molar-refractivity contribution is 7.15. The number of halogens is 1. The second kappa shape index (κ2) is 6.67. The number of methoxy groups -OCH3 is 1. The van der Waals surface area contributed by atoms with Gasteiger partial charge in [-0.1, -0.05) is 29.9 Å². The van der Waals surface area contributed by atoms with Crippen LogP contribution >= 0.6 is 22.9 Å². The van der Waals surface area contributed by atoms with Gasteiger partial charge in [-0.05, 0) is 24.6 Å². The first-order valence-corrected chi connectivity index (χ1v) is 7.26. The number of amides is 1. The van der Waals surface area contributed by atoms with Gasteiger partial charge in [0.15, 0.2) is 0 Å². The zero-order valence-corrected chi connectivity index (χ0v) is 12.7. The Morgan fingerprint density at radius 2 is 2.25 bits per heavy atom. The lowest BCUT2D eigenvalue weighted by atomic mass is 10.1.